The molecule has 1 N–H and O–H groups in total. The Hall–Kier alpha value is -2.84. The van der Waals surface area contributed by atoms with E-state index < -0.39 is 24.8 Å². The topological polar surface area (TPSA) is 114 Å². The molecule has 0 amide bonds. The van der Waals surface area contributed by atoms with Gasteiger partial charge in [-0.1, -0.05) is 37.3 Å². The minimum atomic E-state index is -1.18. The van der Waals surface area contributed by atoms with Crippen LogP contribution in [0.3, 0.4) is 0 Å². The molecule has 9 nitrogen and oxygen atoms in total. The Bertz CT molecular complexity index is 549. The SMILES string of the molecule is CCC(=O)OCON=[N+]([O-])N(C)[C@@H](Cc1ccccc1)C(=O)O. The summed E-state index contributed by atoms with van der Waals surface area (Å²) in [7, 11) is 1.28. The van der Waals surface area contributed by atoms with E-state index in [-0.39, 0.29) is 17.8 Å². The summed E-state index contributed by atoms with van der Waals surface area (Å²) in [6, 6.07) is 7.76. The third-order valence-electron chi connectivity index (χ3n) is 2.97. The van der Waals surface area contributed by atoms with Gasteiger partial charge in [0.1, 0.15) is 0 Å². The van der Waals surface area contributed by atoms with E-state index in [4.69, 9.17) is 0 Å². The molecule has 0 heterocycles. The smallest absolute Gasteiger partial charge is 0.332 e. The fourth-order valence-corrected chi connectivity index (χ4v) is 1.66. The van der Waals surface area contributed by atoms with Gasteiger partial charge in [-0.3, -0.25) is 4.79 Å². The summed E-state index contributed by atoms with van der Waals surface area (Å²) < 4.78 is 4.57. The number of aliphatic carboxylic acids is 1. The number of nitrogens with zero attached hydrogens (tertiary/aromatic N) is 3. The molecule has 0 bridgehead atoms. The molecule has 0 fully saturated rings. The molecule has 0 aliphatic rings. The van der Waals surface area contributed by atoms with E-state index in [1.807, 2.05) is 6.07 Å². The van der Waals surface area contributed by atoms with Gasteiger partial charge in [0, 0.05) is 12.8 Å². The van der Waals surface area contributed by atoms with Gasteiger partial charge in [-0.05, 0) is 5.56 Å². The van der Waals surface area contributed by atoms with Gasteiger partial charge >= 0.3 is 11.9 Å². The van der Waals surface area contributed by atoms with Crippen molar-refractivity contribution < 1.29 is 29.2 Å². The van der Waals surface area contributed by atoms with Crippen LogP contribution in [0.2, 0.25) is 0 Å². The van der Waals surface area contributed by atoms with Gasteiger partial charge in [0.05, 0.1) is 12.0 Å². The first-order chi connectivity index (χ1) is 11.0. The molecule has 1 atom stereocenters. The lowest BCUT2D eigenvalue weighted by atomic mass is 10.1. The molecular weight excluding hydrogens is 306 g/mol. The van der Waals surface area contributed by atoms with Crippen molar-refractivity contribution in [2.45, 2.75) is 25.8 Å². The second kappa shape index (κ2) is 9.23. The fraction of sp³-hybridized carbons (Fsp3) is 0.429. The molecule has 1 rings (SSSR count). The molecule has 0 unspecified atom stereocenters. The molecule has 0 aromatic heterocycles. The van der Waals surface area contributed by atoms with E-state index in [0.717, 1.165) is 10.6 Å². The maximum absolute atomic E-state index is 11.7. The van der Waals surface area contributed by atoms with Crippen LogP contribution in [0.15, 0.2) is 35.6 Å². The molecule has 23 heavy (non-hydrogen) atoms. The second-order valence-corrected chi connectivity index (χ2v) is 4.57. The lowest BCUT2D eigenvalue weighted by Crippen LogP contribution is -2.44. The molecule has 0 saturated heterocycles. The summed E-state index contributed by atoms with van der Waals surface area (Å²) in [4.78, 5) is 26.7. The fourth-order valence-electron chi connectivity index (χ4n) is 1.66. The van der Waals surface area contributed by atoms with Crippen LogP contribution in [0.4, 0.5) is 0 Å². The third-order valence-corrected chi connectivity index (χ3v) is 2.97. The zero-order chi connectivity index (χ0) is 17.2. The molecule has 0 aliphatic carbocycles. The van der Waals surface area contributed by atoms with Crippen molar-refractivity contribution in [3.8, 4) is 0 Å². The summed E-state index contributed by atoms with van der Waals surface area (Å²) >= 11 is 0. The van der Waals surface area contributed by atoms with Crippen molar-refractivity contribution in [2.24, 2.45) is 5.28 Å². The standard InChI is InChI=1S/C14H19N3O6/c1-3-13(18)22-10-23-15-17(21)16(2)12(14(19)20)9-11-7-5-4-6-8-11/h4-8,12H,3,9-10H2,1-2H3,(H,19,20)/t12-/m0/s1. The molecule has 0 radical (unpaired) electrons. The van der Waals surface area contributed by atoms with Crippen LogP contribution in [0.1, 0.15) is 18.9 Å². The Morgan fingerprint density at radius 2 is 2.04 bits per heavy atom. The summed E-state index contributed by atoms with van der Waals surface area (Å²) in [6.07, 6.45) is 0.286. The number of hydrogen-bond donors (Lipinski definition) is 1. The molecule has 0 saturated carbocycles. The number of likely N-dealkylation sites (N-methyl/N-ethyl adjacent to an activating group) is 1. The van der Waals surface area contributed by atoms with E-state index in [1.54, 1.807) is 31.2 Å². The number of hydrazine groups is 1. The number of rotatable bonds is 9. The first kappa shape index (κ1) is 18.2. The minimum Gasteiger partial charge on any atom is -0.569 e. The van der Waals surface area contributed by atoms with Gasteiger partial charge in [-0.2, -0.15) is 0 Å². The lowest BCUT2D eigenvalue weighted by Gasteiger charge is -2.20. The van der Waals surface area contributed by atoms with Gasteiger partial charge in [-0.15, -0.1) is 5.01 Å². The van der Waals surface area contributed by atoms with Crippen molar-refractivity contribution in [1.82, 2.24) is 5.01 Å². The number of esters is 1. The maximum Gasteiger partial charge on any atom is 0.332 e. The largest absolute Gasteiger partial charge is 0.569 e. The Morgan fingerprint density at radius 1 is 1.39 bits per heavy atom. The summed E-state index contributed by atoms with van der Waals surface area (Å²) in [5.41, 5.74) is 0.762. The van der Waals surface area contributed by atoms with Crippen LogP contribution in [0.5, 0.6) is 0 Å². The molecular formula is C14H19N3O6. The Morgan fingerprint density at radius 3 is 2.61 bits per heavy atom. The Labute approximate surface area is 133 Å². The number of carboxylic acids is 1. The average Bonchev–Trinajstić information content (AvgIpc) is 2.56. The maximum atomic E-state index is 11.7. The van der Waals surface area contributed by atoms with Gasteiger partial charge in [0.25, 0.3) is 6.79 Å². The first-order valence-corrected chi connectivity index (χ1v) is 6.91. The van der Waals surface area contributed by atoms with Gasteiger partial charge in [0.15, 0.2) is 6.04 Å². The number of carboxylic acid groups (broad SMARTS) is 1. The molecule has 0 aliphatic heterocycles. The molecule has 9 heteroatoms. The van der Waals surface area contributed by atoms with E-state index in [9.17, 15) is 19.9 Å². The van der Waals surface area contributed by atoms with Crippen molar-refractivity contribution in [3.05, 3.63) is 41.1 Å². The molecule has 0 spiro atoms. The van der Waals surface area contributed by atoms with Crippen LogP contribution in [0, 0.1) is 5.21 Å². The van der Waals surface area contributed by atoms with Crippen molar-refractivity contribution >= 4 is 11.9 Å². The summed E-state index contributed by atoms with van der Waals surface area (Å²) in [6.45, 7) is 1.09. The van der Waals surface area contributed by atoms with Gasteiger partial charge in [0.2, 0.25) is 5.28 Å². The van der Waals surface area contributed by atoms with Gasteiger partial charge in [-0.25, -0.2) is 4.79 Å². The van der Waals surface area contributed by atoms with E-state index >= 15 is 0 Å². The van der Waals surface area contributed by atoms with E-state index in [2.05, 4.69) is 14.9 Å². The van der Waals surface area contributed by atoms with Gasteiger partial charge < -0.3 is 19.9 Å². The quantitative estimate of drug-likeness (QED) is 0.182. The number of carbonyl (C=O) groups is 2. The summed E-state index contributed by atoms with van der Waals surface area (Å²) in [5.74, 6) is -1.68. The van der Waals surface area contributed by atoms with Crippen LogP contribution in [-0.2, 0) is 25.6 Å². The third kappa shape index (κ3) is 6.20. The van der Waals surface area contributed by atoms with Crippen molar-refractivity contribution in [1.29, 1.82) is 0 Å². The number of ether oxygens (including phenoxy) is 1. The predicted octanol–water partition coefficient (Wildman–Crippen LogP) is 1.33. The minimum absolute atomic E-state index is 0.00150. The monoisotopic (exact) mass is 325 g/mol. The molecule has 126 valence electrons. The summed E-state index contributed by atoms with van der Waals surface area (Å²) in [5, 5.41) is 25.0. The number of hydrogen-bond acceptors (Lipinski definition) is 6. The van der Waals surface area contributed by atoms with Crippen LogP contribution < -0.4 is 0 Å². The Kier molecular flexibility index (Phi) is 7.31. The normalized spacial score (nSPS) is 12.3. The lowest BCUT2D eigenvalue weighted by molar-refractivity contribution is -0.711. The van der Waals surface area contributed by atoms with E-state index in [1.165, 1.54) is 7.05 Å². The highest BCUT2D eigenvalue weighted by Crippen LogP contribution is 2.09. The van der Waals surface area contributed by atoms with Crippen LogP contribution in [-0.4, -0.2) is 46.9 Å². The molecule has 1 aromatic rings. The van der Waals surface area contributed by atoms with E-state index in [0.29, 0.717) is 0 Å². The predicted molar refractivity (Wildman–Crippen MR) is 77.7 cm³/mol. The zero-order valence-corrected chi connectivity index (χ0v) is 12.9. The zero-order valence-electron chi connectivity index (χ0n) is 12.9. The van der Waals surface area contributed by atoms with Crippen molar-refractivity contribution in [3.63, 3.8) is 0 Å². The number of benzene rings is 1. The van der Waals surface area contributed by atoms with Crippen molar-refractivity contribution in [2.75, 3.05) is 13.8 Å². The second-order valence-electron chi connectivity index (χ2n) is 4.57. The van der Waals surface area contributed by atoms with Crippen LogP contribution >= 0.6 is 0 Å². The molecule has 1 aromatic carbocycles. The average molecular weight is 325 g/mol. The van der Waals surface area contributed by atoms with Crippen LogP contribution in [0.25, 0.3) is 0 Å². The highest BCUT2D eigenvalue weighted by Gasteiger charge is 2.29. The highest BCUT2D eigenvalue weighted by atomic mass is 16.8. The Balaban J connectivity index is 2.63. The first-order valence-electron chi connectivity index (χ1n) is 6.91. The highest BCUT2D eigenvalue weighted by molar-refractivity contribution is 5.73. The number of carbonyl (C=O) groups excluding carboxylic acids is 1.